The largest absolute Gasteiger partial charge is 0.138 e. The molecule has 0 saturated heterocycles. The second-order valence-corrected chi connectivity index (χ2v) is 3.21. The fourth-order valence-corrected chi connectivity index (χ4v) is 0.928. The summed E-state index contributed by atoms with van der Waals surface area (Å²) in [4.78, 5) is 0. The van der Waals surface area contributed by atoms with Gasteiger partial charge in [0, 0.05) is 5.75 Å². The van der Waals surface area contributed by atoms with E-state index in [-0.39, 0.29) is 4.58 Å². The summed E-state index contributed by atoms with van der Waals surface area (Å²) in [5.74, 6) is 0.917. The number of hydrogen-bond acceptors (Lipinski definition) is 1. The lowest BCUT2D eigenvalue weighted by molar-refractivity contribution is 1.66. The van der Waals surface area contributed by atoms with Gasteiger partial charge in [-0.2, -0.15) is 0 Å². The predicted molar refractivity (Wildman–Crippen MR) is 44.2 cm³/mol. The summed E-state index contributed by atoms with van der Waals surface area (Å²) < 4.78 is 0.146. The molecule has 2 heteroatoms. The normalized spacial score (nSPS) is 12.6. The fourth-order valence-electron chi connectivity index (χ4n) is 0.231. The van der Waals surface area contributed by atoms with E-state index < -0.39 is 0 Å². The fraction of sp³-hybridized carbons (Fsp3) is 0.333. The standard InChI is InChI=1S/C6H9S2/c1-3-5-8-6(7)4-2/h3-4,6H,1-2,5H2. The molecule has 0 aliphatic rings. The minimum atomic E-state index is 0.146. The molecule has 0 saturated carbocycles. The van der Waals surface area contributed by atoms with Gasteiger partial charge in [-0.05, 0) is 0 Å². The Morgan fingerprint density at radius 1 is 1.62 bits per heavy atom. The van der Waals surface area contributed by atoms with Crippen LogP contribution >= 0.6 is 24.4 Å². The summed E-state index contributed by atoms with van der Waals surface area (Å²) in [5.41, 5.74) is 0. The first kappa shape index (κ1) is 8.18. The van der Waals surface area contributed by atoms with Crippen LogP contribution in [0.2, 0.25) is 0 Å². The molecule has 0 N–H and O–H groups in total. The molecule has 0 rings (SSSR count). The van der Waals surface area contributed by atoms with E-state index in [9.17, 15) is 0 Å². The van der Waals surface area contributed by atoms with Crippen molar-refractivity contribution in [2.75, 3.05) is 5.75 Å². The molecule has 0 amide bonds. The Balaban J connectivity index is 3.09. The Bertz CT molecular complexity index is 78.6. The average Bonchev–Trinajstić information content (AvgIpc) is 1.83. The quantitative estimate of drug-likeness (QED) is 0.548. The monoisotopic (exact) mass is 145 g/mol. The zero-order valence-corrected chi connectivity index (χ0v) is 6.30. The molecule has 0 heterocycles. The Kier molecular flexibility index (Phi) is 5.44. The van der Waals surface area contributed by atoms with E-state index in [0.717, 1.165) is 5.75 Å². The van der Waals surface area contributed by atoms with Crippen LogP contribution in [0.1, 0.15) is 0 Å². The van der Waals surface area contributed by atoms with Crippen molar-refractivity contribution in [1.29, 1.82) is 0 Å². The van der Waals surface area contributed by atoms with E-state index in [4.69, 9.17) is 12.6 Å². The molecule has 0 aromatic carbocycles. The molecule has 0 fully saturated rings. The molecule has 0 spiro atoms. The van der Waals surface area contributed by atoms with Crippen LogP contribution in [0.3, 0.4) is 0 Å². The molecule has 0 aromatic rings. The minimum Gasteiger partial charge on any atom is -0.138 e. The van der Waals surface area contributed by atoms with Crippen LogP contribution in [-0.2, 0) is 0 Å². The number of thioether (sulfide) groups is 1. The lowest BCUT2D eigenvalue weighted by Gasteiger charge is -1.97. The lowest BCUT2D eigenvalue weighted by Crippen LogP contribution is -1.83. The third-order valence-corrected chi connectivity index (χ3v) is 2.12. The van der Waals surface area contributed by atoms with Crippen molar-refractivity contribution in [2.24, 2.45) is 0 Å². The van der Waals surface area contributed by atoms with Crippen LogP contribution in [0, 0.1) is 0 Å². The molecule has 0 aromatic heterocycles. The second kappa shape index (κ2) is 5.32. The van der Waals surface area contributed by atoms with Crippen LogP contribution in [-0.4, -0.2) is 10.3 Å². The first-order valence-corrected chi connectivity index (χ1v) is 3.84. The topological polar surface area (TPSA) is 0 Å². The molecule has 1 unspecified atom stereocenters. The van der Waals surface area contributed by atoms with Gasteiger partial charge in [0.25, 0.3) is 0 Å². The van der Waals surface area contributed by atoms with Crippen LogP contribution in [0.5, 0.6) is 0 Å². The van der Waals surface area contributed by atoms with Crippen LogP contribution in [0.15, 0.2) is 25.3 Å². The van der Waals surface area contributed by atoms with Crippen molar-refractivity contribution in [3.05, 3.63) is 25.3 Å². The van der Waals surface area contributed by atoms with E-state index >= 15 is 0 Å². The van der Waals surface area contributed by atoms with Crippen molar-refractivity contribution in [2.45, 2.75) is 4.58 Å². The van der Waals surface area contributed by atoms with Crippen LogP contribution in [0.25, 0.3) is 0 Å². The summed E-state index contributed by atoms with van der Waals surface area (Å²) in [6.45, 7) is 7.12. The van der Waals surface area contributed by atoms with E-state index in [2.05, 4.69) is 13.2 Å². The molecular weight excluding hydrogens is 136 g/mol. The SMILES string of the molecule is C=CCSC([S])C=C. The Hall–Kier alpha value is 0.180. The van der Waals surface area contributed by atoms with E-state index in [1.54, 1.807) is 17.8 Å². The van der Waals surface area contributed by atoms with E-state index in [1.807, 2.05) is 6.08 Å². The maximum Gasteiger partial charge on any atom is 0.0786 e. The van der Waals surface area contributed by atoms with Crippen LogP contribution < -0.4 is 0 Å². The van der Waals surface area contributed by atoms with Gasteiger partial charge in [-0.15, -0.1) is 24.9 Å². The van der Waals surface area contributed by atoms with Gasteiger partial charge in [0.2, 0.25) is 0 Å². The summed E-state index contributed by atoms with van der Waals surface area (Å²) >= 11 is 6.56. The molecule has 1 atom stereocenters. The highest BCUT2D eigenvalue weighted by Gasteiger charge is 1.92. The summed E-state index contributed by atoms with van der Waals surface area (Å²) in [5, 5.41) is 0. The molecule has 1 radical (unpaired) electrons. The van der Waals surface area contributed by atoms with Gasteiger partial charge in [-0.25, -0.2) is 0 Å². The smallest absolute Gasteiger partial charge is 0.0786 e. The molecule has 45 valence electrons. The number of hydrogen-bond donors (Lipinski definition) is 0. The second-order valence-electron chi connectivity index (χ2n) is 1.23. The Morgan fingerprint density at radius 3 is 2.62 bits per heavy atom. The molecule has 0 aliphatic heterocycles. The van der Waals surface area contributed by atoms with E-state index in [0.29, 0.717) is 0 Å². The van der Waals surface area contributed by atoms with Gasteiger partial charge >= 0.3 is 0 Å². The van der Waals surface area contributed by atoms with E-state index in [1.165, 1.54) is 0 Å². The van der Waals surface area contributed by atoms with Crippen molar-refractivity contribution >= 4 is 24.4 Å². The maximum atomic E-state index is 4.90. The molecule has 0 bridgehead atoms. The number of rotatable bonds is 4. The van der Waals surface area contributed by atoms with Gasteiger partial charge < -0.3 is 0 Å². The molecule has 0 aliphatic carbocycles. The van der Waals surface area contributed by atoms with Gasteiger partial charge in [0.1, 0.15) is 0 Å². The van der Waals surface area contributed by atoms with Gasteiger partial charge in [-0.3, -0.25) is 0 Å². The molecule has 0 nitrogen and oxygen atoms in total. The lowest BCUT2D eigenvalue weighted by atomic mass is 10.7. The van der Waals surface area contributed by atoms with Gasteiger partial charge in [-0.1, -0.05) is 24.8 Å². The molecule has 8 heavy (non-hydrogen) atoms. The average molecular weight is 145 g/mol. The summed E-state index contributed by atoms with van der Waals surface area (Å²) in [6, 6.07) is 0. The third kappa shape index (κ3) is 4.34. The Morgan fingerprint density at radius 2 is 2.25 bits per heavy atom. The first-order chi connectivity index (χ1) is 3.81. The molecular formula is C6H9S2. The highest BCUT2D eigenvalue weighted by molar-refractivity contribution is 8.10. The van der Waals surface area contributed by atoms with Crippen molar-refractivity contribution < 1.29 is 0 Å². The summed E-state index contributed by atoms with van der Waals surface area (Å²) in [6.07, 6.45) is 3.59. The maximum absolute atomic E-state index is 4.90. The van der Waals surface area contributed by atoms with Gasteiger partial charge in [0.05, 0.1) is 4.58 Å². The third-order valence-electron chi connectivity index (χ3n) is 0.571. The Labute approximate surface area is 60.5 Å². The van der Waals surface area contributed by atoms with Crippen molar-refractivity contribution in [3.8, 4) is 0 Å². The minimum absolute atomic E-state index is 0.146. The highest BCUT2D eigenvalue weighted by atomic mass is 32.2. The van der Waals surface area contributed by atoms with Gasteiger partial charge in [0.15, 0.2) is 0 Å². The zero-order valence-electron chi connectivity index (χ0n) is 4.67. The predicted octanol–water partition coefficient (Wildman–Crippen LogP) is 2.62. The first-order valence-electron chi connectivity index (χ1n) is 2.32. The highest BCUT2D eigenvalue weighted by Crippen LogP contribution is 2.14. The van der Waals surface area contributed by atoms with Crippen molar-refractivity contribution in [3.63, 3.8) is 0 Å². The summed E-state index contributed by atoms with van der Waals surface area (Å²) in [7, 11) is 0. The van der Waals surface area contributed by atoms with Crippen LogP contribution in [0.4, 0.5) is 0 Å². The van der Waals surface area contributed by atoms with Crippen molar-refractivity contribution in [1.82, 2.24) is 0 Å². The zero-order chi connectivity index (χ0) is 6.41.